The number of aromatic nitrogens is 1. The van der Waals surface area contributed by atoms with Crippen LogP contribution in [0.15, 0.2) is 0 Å². The normalized spacial score (nSPS) is 23.1. The van der Waals surface area contributed by atoms with Gasteiger partial charge in [0, 0.05) is 12.0 Å². The molecule has 1 heterocycles. The lowest BCUT2D eigenvalue weighted by molar-refractivity contribution is -0.120. The fourth-order valence-corrected chi connectivity index (χ4v) is 3.62. The van der Waals surface area contributed by atoms with E-state index >= 15 is 0 Å². The second kappa shape index (κ2) is 6.68. The van der Waals surface area contributed by atoms with Gasteiger partial charge in [0.25, 0.3) is 0 Å². The number of hydrogen-bond acceptors (Lipinski definition) is 4. The van der Waals surface area contributed by atoms with Gasteiger partial charge in [0.1, 0.15) is 5.00 Å². The molecule has 0 aromatic carbocycles. The van der Waals surface area contributed by atoms with Crippen molar-refractivity contribution in [3.05, 3.63) is 10.7 Å². The van der Waals surface area contributed by atoms with Crippen LogP contribution >= 0.6 is 11.3 Å². The van der Waals surface area contributed by atoms with Crippen molar-refractivity contribution in [1.82, 2.24) is 4.98 Å². The zero-order chi connectivity index (χ0) is 14.7. The van der Waals surface area contributed by atoms with Crippen molar-refractivity contribution in [2.24, 2.45) is 17.6 Å². The molecule has 1 aliphatic rings. The van der Waals surface area contributed by atoms with Crippen LogP contribution in [0.5, 0.6) is 0 Å². The van der Waals surface area contributed by atoms with Crippen molar-refractivity contribution < 1.29 is 4.79 Å². The Bertz CT molecular complexity index is 470. The molecular formula is C15H25N3OS. The van der Waals surface area contributed by atoms with Crippen molar-refractivity contribution in [3.63, 3.8) is 0 Å². The highest BCUT2D eigenvalue weighted by molar-refractivity contribution is 7.16. The number of carbonyl (C=O) groups excluding carboxylic acids is 1. The molecule has 4 nitrogen and oxygen atoms in total. The number of hydrogen-bond donors (Lipinski definition) is 2. The Morgan fingerprint density at radius 2 is 2.25 bits per heavy atom. The van der Waals surface area contributed by atoms with Crippen LogP contribution in [0.4, 0.5) is 5.00 Å². The Balaban J connectivity index is 2.03. The number of rotatable bonds is 4. The van der Waals surface area contributed by atoms with Crippen molar-refractivity contribution >= 4 is 22.2 Å². The van der Waals surface area contributed by atoms with E-state index in [1.165, 1.54) is 0 Å². The van der Waals surface area contributed by atoms with Gasteiger partial charge in [-0.2, -0.15) is 0 Å². The summed E-state index contributed by atoms with van der Waals surface area (Å²) in [5.74, 6) is 0.720. The Kier molecular flexibility index (Phi) is 5.16. The number of thiazole rings is 1. The third kappa shape index (κ3) is 4.03. The molecule has 0 radical (unpaired) electrons. The summed E-state index contributed by atoms with van der Waals surface area (Å²) >= 11 is 1.58. The summed E-state index contributed by atoms with van der Waals surface area (Å²) < 4.78 is 0. The fraction of sp³-hybridized carbons (Fsp3) is 0.733. The summed E-state index contributed by atoms with van der Waals surface area (Å²) in [4.78, 5) is 16.9. The van der Waals surface area contributed by atoms with Gasteiger partial charge in [0.15, 0.2) is 0 Å². The molecule has 1 aromatic heterocycles. The molecule has 1 fully saturated rings. The molecule has 2 atom stereocenters. The van der Waals surface area contributed by atoms with Gasteiger partial charge in [0.05, 0.1) is 10.7 Å². The van der Waals surface area contributed by atoms with Gasteiger partial charge in [-0.05, 0) is 38.5 Å². The number of aryl methyl sites for hydroxylation is 1. The summed E-state index contributed by atoms with van der Waals surface area (Å²) in [6.45, 7) is 6.32. The van der Waals surface area contributed by atoms with Crippen LogP contribution in [0.3, 0.4) is 0 Å². The van der Waals surface area contributed by atoms with E-state index in [1.54, 1.807) is 11.3 Å². The maximum absolute atomic E-state index is 12.4. The molecule has 1 aliphatic carbocycles. The largest absolute Gasteiger partial charge is 0.328 e. The maximum atomic E-state index is 12.4. The van der Waals surface area contributed by atoms with E-state index in [4.69, 9.17) is 5.73 Å². The molecule has 1 aromatic rings. The molecule has 2 rings (SSSR count). The SMILES string of the molecule is Cc1nc(CC(C)C)c(NC(=O)C2CCCC(N)C2)s1. The third-order valence-electron chi connectivity index (χ3n) is 3.73. The molecule has 20 heavy (non-hydrogen) atoms. The molecule has 112 valence electrons. The monoisotopic (exact) mass is 295 g/mol. The van der Waals surface area contributed by atoms with Crippen LogP contribution < -0.4 is 11.1 Å². The first kappa shape index (κ1) is 15.4. The number of anilines is 1. The molecule has 3 N–H and O–H groups in total. The van der Waals surface area contributed by atoms with Crippen LogP contribution in [0.1, 0.15) is 50.2 Å². The minimum Gasteiger partial charge on any atom is -0.328 e. The molecule has 1 amide bonds. The summed E-state index contributed by atoms with van der Waals surface area (Å²) in [5.41, 5.74) is 6.99. The molecule has 2 unspecified atom stereocenters. The zero-order valence-electron chi connectivity index (χ0n) is 12.6. The standard InChI is InChI=1S/C15H25N3OS/c1-9(2)7-13-15(20-10(3)17-13)18-14(19)11-5-4-6-12(16)8-11/h9,11-12H,4-8,16H2,1-3H3,(H,18,19). The van der Waals surface area contributed by atoms with E-state index in [9.17, 15) is 4.79 Å². The number of nitrogens with two attached hydrogens (primary N) is 1. The van der Waals surface area contributed by atoms with Gasteiger partial charge >= 0.3 is 0 Å². The van der Waals surface area contributed by atoms with Crippen LogP contribution in [-0.2, 0) is 11.2 Å². The average molecular weight is 295 g/mol. The van der Waals surface area contributed by atoms with Crippen LogP contribution in [-0.4, -0.2) is 16.9 Å². The van der Waals surface area contributed by atoms with Crippen LogP contribution in [0.25, 0.3) is 0 Å². The number of nitrogens with one attached hydrogen (secondary N) is 1. The third-order valence-corrected chi connectivity index (χ3v) is 4.66. The van der Waals surface area contributed by atoms with E-state index in [0.29, 0.717) is 5.92 Å². The number of carbonyl (C=O) groups is 1. The van der Waals surface area contributed by atoms with Crippen molar-refractivity contribution in [2.45, 2.75) is 58.9 Å². The summed E-state index contributed by atoms with van der Waals surface area (Å²) in [6, 6.07) is 0.179. The predicted molar refractivity (Wildman–Crippen MR) is 84.0 cm³/mol. The number of amides is 1. The van der Waals surface area contributed by atoms with Crippen molar-refractivity contribution in [2.75, 3.05) is 5.32 Å². The Morgan fingerprint density at radius 3 is 2.90 bits per heavy atom. The first-order valence-electron chi connectivity index (χ1n) is 7.48. The first-order valence-corrected chi connectivity index (χ1v) is 8.30. The molecule has 0 spiro atoms. The van der Waals surface area contributed by atoms with E-state index in [1.807, 2.05) is 6.92 Å². The van der Waals surface area contributed by atoms with Crippen LogP contribution in [0.2, 0.25) is 0 Å². The first-order chi connectivity index (χ1) is 9.45. The van der Waals surface area contributed by atoms with E-state index < -0.39 is 0 Å². The molecule has 1 saturated carbocycles. The average Bonchev–Trinajstić information content (AvgIpc) is 2.68. The highest BCUT2D eigenvalue weighted by Crippen LogP contribution is 2.29. The lowest BCUT2D eigenvalue weighted by atomic mass is 9.85. The quantitative estimate of drug-likeness (QED) is 0.897. The van der Waals surface area contributed by atoms with Gasteiger partial charge in [-0.1, -0.05) is 20.3 Å². The Morgan fingerprint density at radius 1 is 1.50 bits per heavy atom. The maximum Gasteiger partial charge on any atom is 0.228 e. The Labute approximate surface area is 125 Å². The van der Waals surface area contributed by atoms with Gasteiger partial charge in [-0.25, -0.2) is 4.98 Å². The van der Waals surface area contributed by atoms with E-state index in [-0.39, 0.29) is 17.9 Å². The smallest absolute Gasteiger partial charge is 0.228 e. The lowest BCUT2D eigenvalue weighted by Crippen LogP contribution is -2.34. The number of nitrogens with zero attached hydrogens (tertiary/aromatic N) is 1. The summed E-state index contributed by atoms with van der Waals surface area (Å²) in [5, 5.41) is 5.03. The Hall–Kier alpha value is -0.940. The van der Waals surface area contributed by atoms with E-state index in [0.717, 1.165) is 47.8 Å². The van der Waals surface area contributed by atoms with Crippen molar-refractivity contribution in [3.8, 4) is 0 Å². The van der Waals surface area contributed by atoms with Crippen molar-refractivity contribution in [1.29, 1.82) is 0 Å². The topological polar surface area (TPSA) is 68.0 Å². The van der Waals surface area contributed by atoms with Gasteiger partial charge in [-0.15, -0.1) is 11.3 Å². The van der Waals surface area contributed by atoms with Gasteiger partial charge in [-0.3, -0.25) is 4.79 Å². The summed E-state index contributed by atoms with van der Waals surface area (Å²) in [7, 11) is 0. The molecular weight excluding hydrogens is 270 g/mol. The van der Waals surface area contributed by atoms with E-state index in [2.05, 4.69) is 24.1 Å². The second-order valence-electron chi connectivity index (χ2n) is 6.22. The fourth-order valence-electron chi connectivity index (χ4n) is 2.77. The van der Waals surface area contributed by atoms with Gasteiger partial charge < -0.3 is 11.1 Å². The van der Waals surface area contributed by atoms with Gasteiger partial charge in [0.2, 0.25) is 5.91 Å². The zero-order valence-corrected chi connectivity index (χ0v) is 13.4. The highest BCUT2D eigenvalue weighted by atomic mass is 32.1. The van der Waals surface area contributed by atoms with Crippen LogP contribution in [0, 0.1) is 18.8 Å². The minimum absolute atomic E-state index is 0.0630. The minimum atomic E-state index is 0.0630. The lowest BCUT2D eigenvalue weighted by Gasteiger charge is -2.25. The molecule has 0 aliphatic heterocycles. The second-order valence-corrected chi connectivity index (χ2v) is 7.42. The molecule has 0 bridgehead atoms. The highest BCUT2D eigenvalue weighted by Gasteiger charge is 2.26. The molecule has 0 saturated heterocycles. The summed E-state index contributed by atoms with van der Waals surface area (Å²) in [6.07, 6.45) is 4.77. The predicted octanol–water partition coefficient (Wildman–Crippen LogP) is 3.11. The molecule has 5 heteroatoms.